The van der Waals surface area contributed by atoms with E-state index in [1.807, 2.05) is 12.1 Å². The molecule has 0 amide bonds. The quantitative estimate of drug-likeness (QED) is 0.866. The summed E-state index contributed by atoms with van der Waals surface area (Å²) in [4.78, 5) is 12.3. The highest BCUT2D eigenvalue weighted by molar-refractivity contribution is 8.00. The van der Waals surface area contributed by atoms with Crippen molar-refractivity contribution in [3.8, 4) is 0 Å². The Balaban J connectivity index is 2.04. The van der Waals surface area contributed by atoms with Crippen molar-refractivity contribution < 1.29 is 9.90 Å². The summed E-state index contributed by atoms with van der Waals surface area (Å²) in [6.07, 6.45) is 2.01. The van der Waals surface area contributed by atoms with Gasteiger partial charge in [-0.2, -0.15) is 0 Å². The van der Waals surface area contributed by atoms with Gasteiger partial charge in [-0.05, 0) is 37.8 Å². The maximum atomic E-state index is 11.1. The molecule has 92 valence electrons. The Morgan fingerprint density at radius 3 is 2.82 bits per heavy atom. The van der Waals surface area contributed by atoms with Crippen molar-refractivity contribution in [2.24, 2.45) is 5.73 Å². The van der Waals surface area contributed by atoms with Crippen LogP contribution in [-0.2, 0) is 4.79 Å². The molecule has 1 fully saturated rings. The summed E-state index contributed by atoms with van der Waals surface area (Å²) in [6.45, 7) is 2.07. The molecule has 3 N–H and O–H groups in total. The molecule has 2 unspecified atom stereocenters. The summed E-state index contributed by atoms with van der Waals surface area (Å²) in [5.74, 6) is -0.870. The highest BCUT2D eigenvalue weighted by atomic mass is 32.2. The van der Waals surface area contributed by atoms with Crippen molar-refractivity contribution in [3.63, 3.8) is 0 Å². The Hall–Kier alpha value is -1.00. The molecule has 1 aliphatic rings. The van der Waals surface area contributed by atoms with Gasteiger partial charge in [0.2, 0.25) is 0 Å². The summed E-state index contributed by atoms with van der Waals surface area (Å²) in [7, 11) is 0. The first-order valence-corrected chi connectivity index (χ1v) is 6.64. The molecule has 4 heteroatoms. The first-order valence-electron chi connectivity index (χ1n) is 5.76. The number of carboxylic acids is 1. The van der Waals surface area contributed by atoms with E-state index in [1.165, 1.54) is 10.5 Å². The molecule has 0 aliphatic heterocycles. The van der Waals surface area contributed by atoms with Crippen molar-refractivity contribution in [3.05, 3.63) is 29.8 Å². The minimum absolute atomic E-state index is 0.317. The number of carbonyl (C=O) groups is 1. The van der Waals surface area contributed by atoms with E-state index in [9.17, 15) is 4.79 Å². The van der Waals surface area contributed by atoms with Crippen LogP contribution in [0.1, 0.15) is 24.8 Å². The Kier molecular flexibility index (Phi) is 3.45. The van der Waals surface area contributed by atoms with Crippen LogP contribution < -0.4 is 5.73 Å². The molecule has 0 bridgehead atoms. The fraction of sp³-hybridized carbons (Fsp3) is 0.462. The van der Waals surface area contributed by atoms with Crippen molar-refractivity contribution in [1.82, 2.24) is 0 Å². The van der Waals surface area contributed by atoms with Crippen molar-refractivity contribution >= 4 is 17.7 Å². The standard InChI is InChI=1S/C13H17NO2S/c1-9-4-2-3-5-11(9)17-10-6-7-13(14,8-10)12(15)16/h2-5,10H,6-8,14H2,1H3,(H,15,16). The number of hydrogen-bond acceptors (Lipinski definition) is 3. The zero-order valence-corrected chi connectivity index (χ0v) is 10.7. The molecule has 1 aromatic carbocycles. The van der Waals surface area contributed by atoms with Crippen molar-refractivity contribution in [2.75, 3.05) is 0 Å². The van der Waals surface area contributed by atoms with Gasteiger partial charge in [-0.15, -0.1) is 11.8 Å². The topological polar surface area (TPSA) is 63.3 Å². The fourth-order valence-corrected chi connectivity index (χ4v) is 3.58. The van der Waals surface area contributed by atoms with E-state index in [2.05, 4.69) is 19.1 Å². The maximum Gasteiger partial charge on any atom is 0.323 e. The van der Waals surface area contributed by atoms with E-state index in [-0.39, 0.29) is 0 Å². The summed E-state index contributed by atoms with van der Waals surface area (Å²) in [6, 6.07) is 8.18. The first-order chi connectivity index (χ1) is 8.01. The number of thioether (sulfide) groups is 1. The lowest BCUT2D eigenvalue weighted by Gasteiger charge is -2.18. The second-order valence-corrected chi connectivity index (χ2v) is 6.05. The predicted molar refractivity (Wildman–Crippen MR) is 69.2 cm³/mol. The first kappa shape index (κ1) is 12.5. The summed E-state index contributed by atoms with van der Waals surface area (Å²) in [5.41, 5.74) is 6.10. The number of nitrogens with two attached hydrogens (primary N) is 1. The fourth-order valence-electron chi connectivity index (χ4n) is 2.19. The smallest absolute Gasteiger partial charge is 0.323 e. The Labute approximate surface area is 105 Å². The average molecular weight is 251 g/mol. The van der Waals surface area contributed by atoms with E-state index in [4.69, 9.17) is 10.8 Å². The van der Waals surface area contributed by atoms with Gasteiger partial charge in [0, 0.05) is 10.1 Å². The molecule has 1 saturated carbocycles. The van der Waals surface area contributed by atoms with E-state index < -0.39 is 11.5 Å². The minimum Gasteiger partial charge on any atom is -0.480 e. The van der Waals surface area contributed by atoms with E-state index in [0.29, 0.717) is 18.1 Å². The number of rotatable bonds is 3. The van der Waals surface area contributed by atoms with Crippen LogP contribution in [0.4, 0.5) is 0 Å². The van der Waals surface area contributed by atoms with Crippen molar-refractivity contribution in [1.29, 1.82) is 0 Å². The average Bonchev–Trinajstić information content (AvgIpc) is 2.65. The van der Waals surface area contributed by atoms with Gasteiger partial charge in [0.25, 0.3) is 0 Å². The van der Waals surface area contributed by atoms with Gasteiger partial charge in [0.05, 0.1) is 0 Å². The largest absolute Gasteiger partial charge is 0.480 e. The van der Waals surface area contributed by atoms with E-state index in [1.54, 1.807) is 11.8 Å². The van der Waals surface area contributed by atoms with Gasteiger partial charge in [0.15, 0.2) is 0 Å². The normalized spacial score (nSPS) is 28.2. The lowest BCUT2D eigenvalue weighted by molar-refractivity contribution is -0.143. The van der Waals surface area contributed by atoms with Gasteiger partial charge >= 0.3 is 5.97 Å². The molecular formula is C13H17NO2S. The molecule has 0 spiro atoms. The number of hydrogen-bond donors (Lipinski definition) is 2. The molecule has 2 rings (SSSR count). The Morgan fingerprint density at radius 1 is 1.53 bits per heavy atom. The molecular weight excluding hydrogens is 234 g/mol. The van der Waals surface area contributed by atoms with Crippen LogP contribution in [-0.4, -0.2) is 21.9 Å². The second-order valence-electron chi connectivity index (χ2n) is 4.71. The van der Waals surface area contributed by atoms with Crippen LogP contribution in [0.5, 0.6) is 0 Å². The maximum absolute atomic E-state index is 11.1. The van der Waals surface area contributed by atoms with E-state index in [0.717, 1.165) is 6.42 Å². The van der Waals surface area contributed by atoms with Crippen LogP contribution in [0.3, 0.4) is 0 Å². The molecule has 0 aromatic heterocycles. The van der Waals surface area contributed by atoms with Crippen LogP contribution >= 0.6 is 11.8 Å². The third-order valence-electron chi connectivity index (χ3n) is 3.32. The second kappa shape index (κ2) is 4.70. The lowest BCUT2D eigenvalue weighted by atomic mass is 10.0. The Morgan fingerprint density at radius 2 is 2.24 bits per heavy atom. The highest BCUT2D eigenvalue weighted by Gasteiger charge is 2.42. The van der Waals surface area contributed by atoms with Gasteiger partial charge in [-0.1, -0.05) is 18.2 Å². The van der Waals surface area contributed by atoms with Crippen molar-refractivity contribution in [2.45, 2.75) is 41.9 Å². The molecule has 1 aliphatic carbocycles. The van der Waals surface area contributed by atoms with Crippen LogP contribution in [0.2, 0.25) is 0 Å². The van der Waals surface area contributed by atoms with Gasteiger partial charge < -0.3 is 10.8 Å². The summed E-state index contributed by atoms with van der Waals surface area (Å²) >= 11 is 1.75. The highest BCUT2D eigenvalue weighted by Crippen LogP contribution is 2.39. The number of aliphatic carboxylic acids is 1. The Bertz CT molecular complexity index is 435. The number of aryl methyl sites for hydroxylation is 1. The lowest BCUT2D eigenvalue weighted by Crippen LogP contribution is -2.45. The zero-order valence-electron chi connectivity index (χ0n) is 9.85. The molecule has 1 aromatic rings. The molecule has 0 radical (unpaired) electrons. The number of benzene rings is 1. The molecule has 17 heavy (non-hydrogen) atoms. The van der Waals surface area contributed by atoms with Gasteiger partial charge in [-0.25, -0.2) is 0 Å². The minimum atomic E-state index is -1.01. The number of carboxylic acid groups (broad SMARTS) is 1. The van der Waals surface area contributed by atoms with E-state index >= 15 is 0 Å². The van der Waals surface area contributed by atoms with Gasteiger partial charge in [0.1, 0.15) is 5.54 Å². The van der Waals surface area contributed by atoms with Crippen LogP contribution in [0, 0.1) is 6.92 Å². The SMILES string of the molecule is Cc1ccccc1SC1CCC(N)(C(=O)O)C1. The summed E-state index contributed by atoms with van der Waals surface area (Å²) in [5, 5.41) is 9.39. The predicted octanol–water partition coefficient (Wildman–Crippen LogP) is 2.42. The molecule has 2 atom stereocenters. The van der Waals surface area contributed by atoms with Gasteiger partial charge in [-0.3, -0.25) is 4.79 Å². The third kappa shape index (κ3) is 2.64. The molecule has 0 saturated heterocycles. The summed E-state index contributed by atoms with van der Waals surface area (Å²) < 4.78 is 0. The van der Waals surface area contributed by atoms with Crippen LogP contribution in [0.25, 0.3) is 0 Å². The molecule has 0 heterocycles. The monoisotopic (exact) mass is 251 g/mol. The molecule has 3 nitrogen and oxygen atoms in total. The zero-order chi connectivity index (χ0) is 12.5. The third-order valence-corrected chi connectivity index (χ3v) is 4.77. The van der Waals surface area contributed by atoms with Crippen LogP contribution in [0.15, 0.2) is 29.2 Å².